The van der Waals surface area contributed by atoms with E-state index in [9.17, 15) is 4.79 Å². The first kappa shape index (κ1) is 13.4. The average molecular weight is 294 g/mol. The Morgan fingerprint density at radius 2 is 1.90 bits per heavy atom. The van der Waals surface area contributed by atoms with Gasteiger partial charge in [0.25, 0.3) is 0 Å². The Kier molecular flexibility index (Phi) is 3.12. The second-order valence-electron chi connectivity index (χ2n) is 7.39. The number of hydrogen-bond acceptors (Lipinski definition) is 3. The highest BCUT2D eigenvalue weighted by molar-refractivity contribution is 8.00. The summed E-state index contributed by atoms with van der Waals surface area (Å²) in [6, 6.07) is 0. The van der Waals surface area contributed by atoms with Gasteiger partial charge in [0.15, 0.2) is 0 Å². The predicted octanol–water partition coefficient (Wildman–Crippen LogP) is 2.75. The molecule has 4 aliphatic rings. The number of carbonyl (C=O) groups is 1. The largest absolute Gasteiger partial charge is 0.324 e. The number of thioether (sulfide) groups is 1. The first-order valence-electron chi connectivity index (χ1n) is 8.32. The molecule has 1 spiro atoms. The van der Waals surface area contributed by atoms with Crippen LogP contribution < -0.4 is 5.32 Å². The molecule has 0 aromatic rings. The second-order valence-corrected chi connectivity index (χ2v) is 8.66. The fourth-order valence-electron chi connectivity index (χ4n) is 4.43. The van der Waals surface area contributed by atoms with E-state index in [0.717, 1.165) is 19.4 Å². The Morgan fingerprint density at radius 1 is 1.20 bits per heavy atom. The van der Waals surface area contributed by atoms with Gasteiger partial charge in [-0.05, 0) is 50.7 Å². The summed E-state index contributed by atoms with van der Waals surface area (Å²) in [6.07, 6.45) is 14.0. The van der Waals surface area contributed by atoms with Gasteiger partial charge in [-0.15, -0.1) is 0 Å². The molecule has 1 saturated heterocycles. The van der Waals surface area contributed by atoms with E-state index in [-0.39, 0.29) is 5.54 Å². The van der Waals surface area contributed by atoms with Crippen molar-refractivity contribution in [1.29, 1.82) is 0 Å². The molecular formula is C16H26N2OS. The highest BCUT2D eigenvalue weighted by Gasteiger charge is 2.61. The summed E-state index contributed by atoms with van der Waals surface area (Å²) in [7, 11) is 0. The molecular weight excluding hydrogens is 268 g/mol. The normalized spacial score (nSPS) is 34.8. The number of hydrogen-bond donors (Lipinski definition) is 1. The summed E-state index contributed by atoms with van der Waals surface area (Å²) < 4.78 is 0.370. The van der Waals surface area contributed by atoms with E-state index in [1.165, 1.54) is 44.9 Å². The molecule has 3 nitrogen and oxygen atoms in total. The molecule has 112 valence electrons. The fourth-order valence-corrected chi connectivity index (χ4v) is 5.40. The summed E-state index contributed by atoms with van der Waals surface area (Å²) in [5.41, 5.74) is -0.128. The van der Waals surface area contributed by atoms with Gasteiger partial charge >= 0.3 is 0 Å². The van der Waals surface area contributed by atoms with E-state index in [0.29, 0.717) is 22.7 Å². The van der Waals surface area contributed by atoms with Crippen molar-refractivity contribution in [3.8, 4) is 0 Å². The van der Waals surface area contributed by atoms with Gasteiger partial charge in [0.05, 0.1) is 11.7 Å². The highest BCUT2D eigenvalue weighted by Crippen LogP contribution is 2.49. The van der Waals surface area contributed by atoms with Crippen molar-refractivity contribution in [1.82, 2.24) is 10.2 Å². The third-order valence-electron chi connectivity index (χ3n) is 6.18. The Labute approximate surface area is 126 Å². The minimum absolute atomic E-state index is 0.128. The molecule has 0 aromatic carbocycles. The number of nitrogens with zero attached hydrogens (tertiary/aromatic N) is 1. The van der Waals surface area contributed by atoms with E-state index >= 15 is 0 Å². The van der Waals surface area contributed by atoms with Crippen LogP contribution in [0.5, 0.6) is 0 Å². The lowest BCUT2D eigenvalue weighted by Gasteiger charge is -2.44. The third-order valence-corrected chi connectivity index (χ3v) is 7.59. The fraction of sp³-hybridized carbons (Fsp3) is 0.938. The van der Waals surface area contributed by atoms with Crippen molar-refractivity contribution in [2.24, 2.45) is 5.92 Å². The van der Waals surface area contributed by atoms with Gasteiger partial charge in [-0.2, -0.15) is 11.8 Å². The standard InChI is InChI=1S/C16H26N2OS/c1-20-15(7-4-8-15)11-18-13(12-5-2-3-6-12)17-16(9-10-16)14(18)19/h12-13,17H,2-11H2,1H3. The molecule has 1 N–H and O–H groups in total. The molecule has 3 aliphatic carbocycles. The van der Waals surface area contributed by atoms with Crippen LogP contribution in [-0.2, 0) is 4.79 Å². The maximum atomic E-state index is 12.8. The first-order valence-corrected chi connectivity index (χ1v) is 9.55. The lowest BCUT2D eigenvalue weighted by Crippen LogP contribution is -2.51. The Morgan fingerprint density at radius 3 is 2.40 bits per heavy atom. The smallest absolute Gasteiger partial charge is 0.244 e. The molecule has 1 aliphatic heterocycles. The Hall–Kier alpha value is -0.220. The number of amides is 1. The quantitative estimate of drug-likeness (QED) is 0.865. The zero-order valence-electron chi connectivity index (χ0n) is 12.5. The molecule has 1 amide bonds. The van der Waals surface area contributed by atoms with Crippen molar-refractivity contribution in [3.63, 3.8) is 0 Å². The van der Waals surface area contributed by atoms with Gasteiger partial charge in [-0.25, -0.2) is 0 Å². The molecule has 1 atom stereocenters. The topological polar surface area (TPSA) is 32.3 Å². The van der Waals surface area contributed by atoms with Crippen LogP contribution in [0, 0.1) is 5.92 Å². The van der Waals surface area contributed by atoms with Crippen LogP contribution in [-0.4, -0.2) is 40.1 Å². The van der Waals surface area contributed by atoms with Crippen molar-refractivity contribution in [3.05, 3.63) is 0 Å². The molecule has 20 heavy (non-hydrogen) atoms. The van der Waals surface area contributed by atoms with Crippen LogP contribution in [0.25, 0.3) is 0 Å². The summed E-state index contributed by atoms with van der Waals surface area (Å²) in [5, 5.41) is 3.75. The van der Waals surface area contributed by atoms with Crippen LogP contribution in [0.15, 0.2) is 0 Å². The van der Waals surface area contributed by atoms with E-state index in [4.69, 9.17) is 0 Å². The van der Waals surface area contributed by atoms with Gasteiger partial charge in [0.1, 0.15) is 0 Å². The van der Waals surface area contributed by atoms with Crippen LogP contribution in [0.2, 0.25) is 0 Å². The number of rotatable bonds is 4. The predicted molar refractivity (Wildman–Crippen MR) is 82.7 cm³/mol. The summed E-state index contributed by atoms with van der Waals surface area (Å²) >= 11 is 1.99. The maximum Gasteiger partial charge on any atom is 0.244 e. The van der Waals surface area contributed by atoms with Crippen molar-refractivity contribution in [2.75, 3.05) is 12.8 Å². The third kappa shape index (κ3) is 1.94. The minimum atomic E-state index is -0.128. The molecule has 0 aromatic heterocycles. The van der Waals surface area contributed by atoms with Crippen molar-refractivity contribution in [2.45, 2.75) is 74.2 Å². The van der Waals surface area contributed by atoms with E-state index in [2.05, 4.69) is 16.5 Å². The minimum Gasteiger partial charge on any atom is -0.324 e. The zero-order valence-corrected chi connectivity index (χ0v) is 13.3. The van der Waals surface area contributed by atoms with Crippen LogP contribution >= 0.6 is 11.8 Å². The molecule has 4 heteroatoms. The van der Waals surface area contributed by atoms with Crippen molar-refractivity contribution >= 4 is 17.7 Å². The van der Waals surface area contributed by atoms with E-state index in [1.807, 2.05) is 11.8 Å². The first-order chi connectivity index (χ1) is 9.68. The zero-order chi connectivity index (χ0) is 13.8. The summed E-state index contributed by atoms with van der Waals surface area (Å²) in [6.45, 7) is 0.989. The highest BCUT2D eigenvalue weighted by atomic mass is 32.2. The Bertz CT molecular complexity index is 405. The molecule has 4 fully saturated rings. The van der Waals surface area contributed by atoms with E-state index in [1.54, 1.807) is 0 Å². The maximum absolute atomic E-state index is 12.8. The van der Waals surface area contributed by atoms with Gasteiger partial charge in [0.2, 0.25) is 5.91 Å². The summed E-state index contributed by atoms with van der Waals surface area (Å²) in [5.74, 6) is 1.13. The van der Waals surface area contributed by atoms with Crippen LogP contribution in [0.3, 0.4) is 0 Å². The van der Waals surface area contributed by atoms with Crippen LogP contribution in [0.4, 0.5) is 0 Å². The molecule has 3 saturated carbocycles. The molecule has 1 heterocycles. The van der Waals surface area contributed by atoms with Crippen LogP contribution in [0.1, 0.15) is 57.8 Å². The molecule has 1 unspecified atom stereocenters. The molecule has 4 rings (SSSR count). The molecule has 0 radical (unpaired) electrons. The van der Waals surface area contributed by atoms with Gasteiger partial charge in [-0.1, -0.05) is 19.3 Å². The molecule has 0 bridgehead atoms. The van der Waals surface area contributed by atoms with Crippen molar-refractivity contribution < 1.29 is 4.79 Å². The monoisotopic (exact) mass is 294 g/mol. The summed E-state index contributed by atoms with van der Waals surface area (Å²) in [4.78, 5) is 15.1. The number of nitrogens with one attached hydrogen (secondary N) is 1. The number of carbonyl (C=O) groups excluding carboxylic acids is 1. The average Bonchev–Trinajstić information content (AvgIpc) is 2.90. The second kappa shape index (κ2) is 4.64. The SMILES string of the molecule is CSC1(CN2C(=O)C3(CC3)NC2C2CCCC2)CCC1. The van der Waals surface area contributed by atoms with E-state index < -0.39 is 0 Å². The Balaban J connectivity index is 1.55. The van der Waals surface area contributed by atoms with Gasteiger partial charge in [0, 0.05) is 11.3 Å². The lowest BCUT2D eigenvalue weighted by molar-refractivity contribution is -0.132. The van der Waals surface area contributed by atoms with Gasteiger partial charge < -0.3 is 4.90 Å². The lowest BCUT2D eigenvalue weighted by atomic mass is 9.83. The van der Waals surface area contributed by atoms with Gasteiger partial charge in [-0.3, -0.25) is 10.1 Å².